The van der Waals surface area contributed by atoms with Crippen LogP contribution in [0.1, 0.15) is 5.82 Å². The number of carboxylic acids is 1. The van der Waals surface area contributed by atoms with Gasteiger partial charge in [-0.15, -0.1) is 10.2 Å². The largest absolute Gasteiger partial charge is 0.480 e. The summed E-state index contributed by atoms with van der Waals surface area (Å²) >= 11 is 5.83. The van der Waals surface area contributed by atoms with E-state index < -0.39 is 5.97 Å². The summed E-state index contributed by atoms with van der Waals surface area (Å²) < 4.78 is 1.75. The standard InChI is InChI=1S/C12H13ClN4O2/c1-16-8-14-15-11(16)6-17(7-12(18)19)10-4-2-9(13)3-5-10/h2-5,8H,6-7H2,1H3,(H,18,19). The normalized spacial score (nSPS) is 10.4. The smallest absolute Gasteiger partial charge is 0.323 e. The van der Waals surface area contributed by atoms with Crippen molar-refractivity contribution in [2.75, 3.05) is 11.4 Å². The number of aromatic nitrogens is 3. The number of aliphatic carboxylic acids is 1. The van der Waals surface area contributed by atoms with Crippen molar-refractivity contribution in [1.29, 1.82) is 0 Å². The second-order valence-corrected chi connectivity index (χ2v) is 4.52. The highest BCUT2D eigenvalue weighted by atomic mass is 35.5. The summed E-state index contributed by atoms with van der Waals surface area (Å²) in [5.41, 5.74) is 0.773. The van der Waals surface area contributed by atoms with Crippen LogP contribution in [0, 0.1) is 0 Å². The van der Waals surface area contributed by atoms with Gasteiger partial charge in [-0.05, 0) is 24.3 Å². The number of halogens is 1. The molecule has 100 valence electrons. The number of anilines is 1. The molecule has 0 spiro atoms. The Morgan fingerprint density at radius 1 is 1.42 bits per heavy atom. The predicted molar refractivity (Wildman–Crippen MR) is 71.1 cm³/mol. The quantitative estimate of drug-likeness (QED) is 0.900. The van der Waals surface area contributed by atoms with Crippen molar-refractivity contribution in [2.24, 2.45) is 7.05 Å². The Morgan fingerprint density at radius 2 is 2.11 bits per heavy atom. The summed E-state index contributed by atoms with van der Waals surface area (Å²) in [6.45, 7) is 0.249. The molecule has 19 heavy (non-hydrogen) atoms. The minimum atomic E-state index is -0.905. The van der Waals surface area contributed by atoms with Crippen LogP contribution in [0.5, 0.6) is 0 Å². The molecule has 0 atom stereocenters. The van der Waals surface area contributed by atoms with E-state index in [-0.39, 0.29) is 6.54 Å². The van der Waals surface area contributed by atoms with E-state index in [2.05, 4.69) is 10.2 Å². The van der Waals surface area contributed by atoms with E-state index >= 15 is 0 Å². The van der Waals surface area contributed by atoms with Gasteiger partial charge in [0.1, 0.15) is 12.9 Å². The van der Waals surface area contributed by atoms with Crippen LogP contribution in [-0.2, 0) is 18.4 Å². The molecule has 1 aromatic heterocycles. The lowest BCUT2D eigenvalue weighted by molar-refractivity contribution is -0.135. The van der Waals surface area contributed by atoms with Gasteiger partial charge in [-0.1, -0.05) is 11.6 Å². The summed E-state index contributed by atoms with van der Waals surface area (Å²) in [6.07, 6.45) is 1.58. The van der Waals surface area contributed by atoms with Crippen LogP contribution in [0.3, 0.4) is 0 Å². The van der Waals surface area contributed by atoms with Crippen molar-refractivity contribution in [3.05, 3.63) is 41.4 Å². The molecule has 0 unspecified atom stereocenters. The van der Waals surface area contributed by atoms with Gasteiger partial charge in [0.25, 0.3) is 0 Å². The van der Waals surface area contributed by atoms with Gasteiger partial charge in [-0.3, -0.25) is 4.79 Å². The second-order valence-electron chi connectivity index (χ2n) is 4.08. The number of benzene rings is 1. The zero-order valence-corrected chi connectivity index (χ0v) is 11.1. The molecular weight excluding hydrogens is 268 g/mol. The van der Waals surface area contributed by atoms with Crippen LogP contribution in [0.15, 0.2) is 30.6 Å². The maximum Gasteiger partial charge on any atom is 0.323 e. The highest BCUT2D eigenvalue weighted by Crippen LogP contribution is 2.19. The third-order valence-corrected chi connectivity index (χ3v) is 2.91. The first-order valence-corrected chi connectivity index (χ1v) is 5.99. The molecule has 0 radical (unpaired) electrons. The number of nitrogens with zero attached hydrogens (tertiary/aromatic N) is 4. The Morgan fingerprint density at radius 3 is 2.63 bits per heavy atom. The number of hydrogen-bond acceptors (Lipinski definition) is 4. The number of carboxylic acid groups (broad SMARTS) is 1. The molecule has 1 N–H and O–H groups in total. The molecule has 0 saturated carbocycles. The molecule has 0 aliphatic carbocycles. The number of rotatable bonds is 5. The molecule has 0 aliphatic rings. The predicted octanol–water partition coefficient (Wildman–Crippen LogP) is 1.56. The summed E-state index contributed by atoms with van der Waals surface area (Å²) in [5, 5.41) is 17.3. The molecule has 1 heterocycles. The van der Waals surface area contributed by atoms with Crippen molar-refractivity contribution < 1.29 is 9.90 Å². The van der Waals surface area contributed by atoms with E-state index in [0.29, 0.717) is 17.4 Å². The summed E-state index contributed by atoms with van der Waals surface area (Å²) in [6, 6.07) is 7.01. The molecule has 0 saturated heterocycles. The summed E-state index contributed by atoms with van der Waals surface area (Å²) in [7, 11) is 1.82. The van der Waals surface area contributed by atoms with Crippen LogP contribution in [-0.4, -0.2) is 32.4 Å². The lowest BCUT2D eigenvalue weighted by Gasteiger charge is -2.22. The van der Waals surface area contributed by atoms with Crippen molar-refractivity contribution in [3.63, 3.8) is 0 Å². The van der Waals surface area contributed by atoms with Crippen molar-refractivity contribution >= 4 is 23.3 Å². The minimum Gasteiger partial charge on any atom is -0.480 e. The molecule has 2 rings (SSSR count). The zero-order chi connectivity index (χ0) is 13.8. The molecule has 6 nitrogen and oxygen atoms in total. The van der Waals surface area contributed by atoms with Crippen LogP contribution in [0.25, 0.3) is 0 Å². The Labute approximate surface area is 115 Å². The van der Waals surface area contributed by atoms with Gasteiger partial charge in [0.2, 0.25) is 0 Å². The first kappa shape index (κ1) is 13.4. The molecule has 0 aliphatic heterocycles. The maximum absolute atomic E-state index is 11.0. The fourth-order valence-electron chi connectivity index (χ4n) is 1.67. The fraction of sp³-hybridized carbons (Fsp3) is 0.250. The third kappa shape index (κ3) is 3.45. The van der Waals surface area contributed by atoms with Crippen LogP contribution >= 0.6 is 11.6 Å². The topological polar surface area (TPSA) is 71.2 Å². The molecular formula is C12H13ClN4O2. The van der Waals surface area contributed by atoms with E-state index in [1.807, 2.05) is 7.05 Å². The highest BCUT2D eigenvalue weighted by Gasteiger charge is 2.14. The molecule has 1 aromatic carbocycles. The van der Waals surface area contributed by atoms with E-state index in [4.69, 9.17) is 16.7 Å². The molecule has 2 aromatic rings. The number of hydrogen-bond donors (Lipinski definition) is 1. The Hall–Kier alpha value is -2.08. The zero-order valence-electron chi connectivity index (χ0n) is 10.3. The number of carbonyl (C=O) groups is 1. The van der Waals surface area contributed by atoms with Gasteiger partial charge >= 0.3 is 5.97 Å². The van der Waals surface area contributed by atoms with E-state index in [0.717, 1.165) is 5.69 Å². The molecule has 0 bridgehead atoms. The highest BCUT2D eigenvalue weighted by molar-refractivity contribution is 6.30. The van der Waals surface area contributed by atoms with E-state index in [1.165, 1.54) is 0 Å². The Kier molecular flexibility index (Phi) is 4.01. The first-order chi connectivity index (χ1) is 9.06. The van der Waals surface area contributed by atoms with Crippen molar-refractivity contribution in [2.45, 2.75) is 6.54 Å². The van der Waals surface area contributed by atoms with E-state index in [1.54, 1.807) is 40.1 Å². The van der Waals surface area contributed by atoms with Crippen molar-refractivity contribution in [1.82, 2.24) is 14.8 Å². The van der Waals surface area contributed by atoms with Crippen LogP contribution < -0.4 is 4.90 Å². The Bertz CT molecular complexity index is 567. The minimum absolute atomic E-state index is 0.117. The molecule has 0 amide bonds. The lowest BCUT2D eigenvalue weighted by Crippen LogP contribution is -2.30. The summed E-state index contributed by atoms with van der Waals surface area (Å²) in [5.74, 6) is -0.215. The Balaban J connectivity index is 2.23. The second kappa shape index (κ2) is 5.71. The van der Waals surface area contributed by atoms with Gasteiger partial charge in [0, 0.05) is 17.8 Å². The van der Waals surface area contributed by atoms with E-state index in [9.17, 15) is 4.79 Å². The average Bonchev–Trinajstić information content (AvgIpc) is 2.75. The third-order valence-electron chi connectivity index (χ3n) is 2.66. The van der Waals surface area contributed by atoms with Gasteiger partial charge in [-0.2, -0.15) is 0 Å². The van der Waals surface area contributed by atoms with Gasteiger partial charge in [0.05, 0.1) is 6.54 Å². The van der Waals surface area contributed by atoms with Gasteiger partial charge in [0.15, 0.2) is 5.82 Å². The molecule has 0 fully saturated rings. The SMILES string of the molecule is Cn1cnnc1CN(CC(=O)O)c1ccc(Cl)cc1. The maximum atomic E-state index is 11.0. The van der Waals surface area contributed by atoms with Crippen LogP contribution in [0.2, 0.25) is 5.02 Å². The fourth-order valence-corrected chi connectivity index (χ4v) is 1.80. The number of aryl methyl sites for hydroxylation is 1. The van der Waals surface area contributed by atoms with Crippen LogP contribution in [0.4, 0.5) is 5.69 Å². The monoisotopic (exact) mass is 280 g/mol. The average molecular weight is 281 g/mol. The lowest BCUT2D eigenvalue weighted by atomic mass is 10.2. The van der Waals surface area contributed by atoms with Gasteiger partial charge < -0.3 is 14.6 Å². The summed E-state index contributed by atoms with van der Waals surface area (Å²) in [4.78, 5) is 12.6. The van der Waals surface area contributed by atoms with Gasteiger partial charge in [-0.25, -0.2) is 0 Å². The first-order valence-electron chi connectivity index (χ1n) is 5.61. The molecule has 7 heteroatoms. The van der Waals surface area contributed by atoms with Crippen molar-refractivity contribution in [3.8, 4) is 0 Å².